The fourth-order valence-corrected chi connectivity index (χ4v) is 3.88. The fraction of sp³-hybridized carbons (Fsp3) is 0.944. The molecule has 3 N–H and O–H groups in total. The zero-order valence-electron chi connectivity index (χ0n) is 14.5. The van der Waals surface area contributed by atoms with E-state index in [2.05, 4.69) is 24.5 Å². The number of nitrogens with one attached hydrogen (secondary N) is 2. The maximum absolute atomic E-state index is 9.42. The molecule has 4 nitrogen and oxygen atoms in total. The molecule has 0 aromatic rings. The van der Waals surface area contributed by atoms with Crippen LogP contribution in [0, 0.1) is 11.3 Å². The minimum atomic E-state index is 0.238. The summed E-state index contributed by atoms with van der Waals surface area (Å²) in [6, 6.07) is 0.623. The Labute approximate surface area is 136 Å². The van der Waals surface area contributed by atoms with Gasteiger partial charge in [0.15, 0.2) is 5.96 Å². The number of rotatable bonds is 8. The maximum Gasteiger partial charge on any atom is 0.191 e. The number of hydrogen-bond acceptors (Lipinski definition) is 2. The molecule has 0 amide bonds. The van der Waals surface area contributed by atoms with E-state index < -0.39 is 0 Å². The summed E-state index contributed by atoms with van der Waals surface area (Å²) in [6.45, 7) is 6.44. The van der Waals surface area contributed by atoms with Crippen LogP contribution in [0.3, 0.4) is 0 Å². The molecule has 2 saturated carbocycles. The average Bonchev–Trinajstić information content (AvgIpc) is 3.25. The van der Waals surface area contributed by atoms with E-state index in [1.807, 2.05) is 0 Å². The van der Waals surface area contributed by atoms with Crippen molar-refractivity contribution in [1.29, 1.82) is 0 Å². The van der Waals surface area contributed by atoms with Crippen LogP contribution in [0.25, 0.3) is 0 Å². The standard InChI is InChI=1S/C18H35N3O/c1-3-8-15-13-16(15)21-17(19-4-2)20-14-18(11-12-22)9-6-5-7-10-18/h15-16,22H,3-14H2,1-2H3,(H2,19,20,21). The monoisotopic (exact) mass is 309 g/mol. The van der Waals surface area contributed by atoms with Crippen LogP contribution in [0.5, 0.6) is 0 Å². The third-order valence-electron chi connectivity index (χ3n) is 5.38. The quantitative estimate of drug-likeness (QED) is 0.477. The van der Waals surface area contributed by atoms with Crippen LogP contribution in [-0.2, 0) is 0 Å². The van der Waals surface area contributed by atoms with Crippen LogP contribution in [-0.4, -0.2) is 36.8 Å². The van der Waals surface area contributed by atoms with Gasteiger partial charge in [0.2, 0.25) is 0 Å². The third-order valence-corrected chi connectivity index (χ3v) is 5.38. The van der Waals surface area contributed by atoms with Gasteiger partial charge in [-0.25, -0.2) is 0 Å². The third kappa shape index (κ3) is 5.15. The predicted molar refractivity (Wildman–Crippen MR) is 93.1 cm³/mol. The molecule has 2 unspecified atom stereocenters. The highest BCUT2D eigenvalue weighted by Gasteiger charge is 2.37. The van der Waals surface area contributed by atoms with Crippen LogP contribution in [0.1, 0.15) is 71.6 Å². The molecule has 2 atom stereocenters. The largest absolute Gasteiger partial charge is 0.396 e. The molecule has 22 heavy (non-hydrogen) atoms. The summed E-state index contributed by atoms with van der Waals surface area (Å²) in [5.74, 6) is 1.82. The summed E-state index contributed by atoms with van der Waals surface area (Å²) in [5.41, 5.74) is 0.238. The Morgan fingerprint density at radius 3 is 2.64 bits per heavy atom. The fourth-order valence-electron chi connectivity index (χ4n) is 3.88. The summed E-state index contributed by atoms with van der Waals surface area (Å²) >= 11 is 0. The van der Waals surface area contributed by atoms with Crippen LogP contribution >= 0.6 is 0 Å². The van der Waals surface area contributed by atoms with E-state index in [0.717, 1.165) is 31.4 Å². The lowest BCUT2D eigenvalue weighted by atomic mass is 9.72. The highest BCUT2D eigenvalue weighted by Crippen LogP contribution is 2.39. The molecule has 2 aliphatic rings. The van der Waals surface area contributed by atoms with Gasteiger partial charge in [-0.2, -0.15) is 0 Å². The minimum absolute atomic E-state index is 0.238. The molecule has 0 bridgehead atoms. The predicted octanol–water partition coefficient (Wildman–Crippen LogP) is 3.06. The first-order chi connectivity index (χ1) is 10.7. The van der Waals surface area contributed by atoms with Gasteiger partial charge in [0, 0.05) is 25.7 Å². The molecule has 0 heterocycles. The molecular formula is C18H35N3O. The Morgan fingerprint density at radius 2 is 2.00 bits per heavy atom. The Morgan fingerprint density at radius 1 is 1.23 bits per heavy atom. The number of nitrogens with zero attached hydrogens (tertiary/aromatic N) is 1. The normalized spacial score (nSPS) is 27.5. The summed E-state index contributed by atoms with van der Waals surface area (Å²) in [5, 5.41) is 16.4. The zero-order chi connectivity index (χ0) is 15.8. The van der Waals surface area contributed by atoms with Crippen molar-refractivity contribution in [3.8, 4) is 0 Å². The van der Waals surface area contributed by atoms with E-state index in [1.54, 1.807) is 0 Å². The van der Waals surface area contributed by atoms with Gasteiger partial charge in [-0.05, 0) is 50.4 Å². The van der Waals surface area contributed by atoms with E-state index in [4.69, 9.17) is 4.99 Å². The lowest BCUT2D eigenvalue weighted by molar-refractivity contribution is 0.137. The van der Waals surface area contributed by atoms with Gasteiger partial charge in [-0.15, -0.1) is 0 Å². The number of guanidine groups is 1. The number of hydrogen-bond donors (Lipinski definition) is 3. The Hall–Kier alpha value is -0.770. The van der Waals surface area contributed by atoms with Crippen LogP contribution in [0.2, 0.25) is 0 Å². The minimum Gasteiger partial charge on any atom is -0.396 e. The summed E-state index contributed by atoms with van der Waals surface area (Å²) in [4.78, 5) is 4.89. The van der Waals surface area contributed by atoms with E-state index in [9.17, 15) is 5.11 Å². The molecule has 0 radical (unpaired) electrons. The summed E-state index contributed by atoms with van der Waals surface area (Å²) in [7, 11) is 0. The second kappa shape index (κ2) is 8.76. The van der Waals surface area contributed by atoms with E-state index >= 15 is 0 Å². The van der Waals surface area contributed by atoms with Crippen molar-refractivity contribution in [2.45, 2.75) is 77.7 Å². The van der Waals surface area contributed by atoms with Gasteiger partial charge in [0.25, 0.3) is 0 Å². The lowest BCUT2D eigenvalue weighted by Gasteiger charge is -2.35. The van der Waals surface area contributed by atoms with E-state index in [-0.39, 0.29) is 5.41 Å². The Balaban J connectivity index is 1.90. The lowest BCUT2D eigenvalue weighted by Crippen LogP contribution is -2.40. The number of aliphatic hydroxyl groups excluding tert-OH is 1. The van der Waals surface area contributed by atoms with Crippen molar-refractivity contribution < 1.29 is 5.11 Å². The van der Waals surface area contributed by atoms with Crippen LogP contribution in [0.4, 0.5) is 0 Å². The van der Waals surface area contributed by atoms with Crippen molar-refractivity contribution in [1.82, 2.24) is 10.6 Å². The van der Waals surface area contributed by atoms with Crippen LogP contribution < -0.4 is 10.6 Å². The molecule has 128 valence electrons. The second-order valence-electron chi connectivity index (χ2n) is 7.26. The van der Waals surface area contributed by atoms with E-state index in [1.165, 1.54) is 51.4 Å². The molecule has 0 spiro atoms. The maximum atomic E-state index is 9.42. The zero-order valence-corrected chi connectivity index (χ0v) is 14.5. The van der Waals surface area contributed by atoms with Crippen molar-refractivity contribution in [2.75, 3.05) is 19.7 Å². The first-order valence-corrected chi connectivity index (χ1v) is 9.38. The highest BCUT2D eigenvalue weighted by molar-refractivity contribution is 5.80. The molecular weight excluding hydrogens is 274 g/mol. The first-order valence-electron chi connectivity index (χ1n) is 9.38. The van der Waals surface area contributed by atoms with Crippen molar-refractivity contribution in [3.63, 3.8) is 0 Å². The first kappa shape index (κ1) is 17.6. The SMILES string of the molecule is CCCC1CC1NC(=NCC1(CCO)CCCCC1)NCC. The smallest absolute Gasteiger partial charge is 0.191 e. The summed E-state index contributed by atoms with van der Waals surface area (Å²) < 4.78 is 0. The highest BCUT2D eigenvalue weighted by atomic mass is 16.3. The van der Waals surface area contributed by atoms with Gasteiger partial charge >= 0.3 is 0 Å². The number of aliphatic imine (C=N–C) groups is 1. The molecule has 2 rings (SSSR count). The average molecular weight is 309 g/mol. The van der Waals surface area contributed by atoms with Gasteiger partial charge in [-0.3, -0.25) is 4.99 Å². The van der Waals surface area contributed by atoms with Crippen molar-refractivity contribution >= 4 is 5.96 Å². The molecule has 0 saturated heterocycles. The molecule has 0 aromatic carbocycles. The van der Waals surface area contributed by atoms with Crippen molar-refractivity contribution in [3.05, 3.63) is 0 Å². The molecule has 4 heteroatoms. The second-order valence-corrected chi connectivity index (χ2v) is 7.26. The molecule has 2 aliphatic carbocycles. The van der Waals surface area contributed by atoms with Crippen molar-refractivity contribution in [2.24, 2.45) is 16.3 Å². The Bertz CT molecular complexity index is 345. The van der Waals surface area contributed by atoms with E-state index in [0.29, 0.717) is 12.6 Å². The van der Waals surface area contributed by atoms with Gasteiger partial charge < -0.3 is 15.7 Å². The topological polar surface area (TPSA) is 56.7 Å². The Kier molecular flexibility index (Phi) is 7.00. The molecule has 2 fully saturated rings. The number of aliphatic hydroxyl groups is 1. The van der Waals surface area contributed by atoms with Gasteiger partial charge in [0.05, 0.1) is 0 Å². The summed E-state index contributed by atoms with van der Waals surface area (Å²) in [6.07, 6.45) is 11.2. The molecule has 0 aromatic heterocycles. The van der Waals surface area contributed by atoms with Gasteiger partial charge in [-0.1, -0.05) is 32.6 Å². The molecule has 0 aliphatic heterocycles. The van der Waals surface area contributed by atoms with Gasteiger partial charge in [0.1, 0.15) is 0 Å². The van der Waals surface area contributed by atoms with Crippen LogP contribution in [0.15, 0.2) is 4.99 Å².